The van der Waals surface area contributed by atoms with Gasteiger partial charge in [0.1, 0.15) is 0 Å². The first-order valence-electron chi connectivity index (χ1n) is 6.97. The van der Waals surface area contributed by atoms with Crippen molar-refractivity contribution < 1.29 is 30.3 Å². The van der Waals surface area contributed by atoms with Gasteiger partial charge in [0.15, 0.2) is 0 Å². The first kappa shape index (κ1) is 22.2. The van der Waals surface area contributed by atoms with Crippen molar-refractivity contribution in [3.05, 3.63) is 35.9 Å². The highest BCUT2D eigenvalue weighted by Crippen LogP contribution is 2.26. The first-order valence-corrected chi connectivity index (χ1v) is 9.46. The molecule has 0 atom stereocenters. The van der Waals surface area contributed by atoms with Crippen LogP contribution < -0.4 is 0 Å². The topological polar surface area (TPSA) is 118 Å². The number of hydrogen-bond donors (Lipinski definition) is 5. The Morgan fingerprint density at radius 3 is 1.83 bits per heavy atom. The van der Waals surface area contributed by atoms with Crippen LogP contribution in [-0.4, -0.2) is 63.7 Å². The quantitative estimate of drug-likeness (QED) is 0.308. The van der Waals surface area contributed by atoms with Crippen LogP contribution >= 0.6 is 21.6 Å². The summed E-state index contributed by atoms with van der Waals surface area (Å²) in [6, 6.07) is 10.2. The molecule has 0 aliphatic heterocycles. The largest absolute Gasteiger partial charge is 0.481 e. The van der Waals surface area contributed by atoms with Gasteiger partial charge in [-0.05, 0) is 5.56 Å². The van der Waals surface area contributed by atoms with Gasteiger partial charge in [0.25, 0.3) is 0 Å². The average molecular weight is 364 g/mol. The number of carbonyl (C=O) groups is 1. The maximum atomic E-state index is 10.2. The van der Waals surface area contributed by atoms with Crippen molar-refractivity contribution in [3.63, 3.8) is 0 Å². The normalized spacial score (nSPS) is 10.8. The second-order valence-corrected chi connectivity index (χ2v) is 7.43. The molecule has 6 nitrogen and oxygen atoms in total. The molecule has 0 heterocycles. The van der Waals surface area contributed by atoms with Gasteiger partial charge in [-0.3, -0.25) is 4.79 Å². The van der Waals surface area contributed by atoms with E-state index in [1.807, 2.05) is 18.2 Å². The zero-order valence-corrected chi connectivity index (χ0v) is 14.4. The summed E-state index contributed by atoms with van der Waals surface area (Å²) >= 11 is 0. The van der Waals surface area contributed by atoms with E-state index >= 15 is 0 Å². The van der Waals surface area contributed by atoms with E-state index in [1.165, 1.54) is 5.56 Å². The van der Waals surface area contributed by atoms with E-state index in [2.05, 4.69) is 12.1 Å². The van der Waals surface area contributed by atoms with Gasteiger partial charge in [0.2, 0.25) is 0 Å². The smallest absolute Gasteiger partial charge is 0.304 e. The number of hydrogen-bond acceptors (Lipinski definition) is 7. The third-order valence-corrected chi connectivity index (χ3v) is 5.23. The van der Waals surface area contributed by atoms with E-state index < -0.39 is 37.8 Å². The van der Waals surface area contributed by atoms with Crippen molar-refractivity contribution >= 4 is 27.6 Å². The first-order chi connectivity index (χ1) is 11.0. The molecule has 0 aliphatic carbocycles. The predicted octanol–water partition coefficient (Wildman–Crippen LogP) is 0.985. The molecule has 23 heavy (non-hydrogen) atoms. The van der Waals surface area contributed by atoms with Crippen LogP contribution in [0, 0.1) is 5.41 Å². The summed E-state index contributed by atoms with van der Waals surface area (Å²) in [5.74, 6) is 0.885. The van der Waals surface area contributed by atoms with E-state index in [-0.39, 0.29) is 6.42 Å². The Hall–Kier alpha value is -0.770. The van der Waals surface area contributed by atoms with Crippen LogP contribution in [0.5, 0.6) is 0 Å². The van der Waals surface area contributed by atoms with Gasteiger partial charge < -0.3 is 25.5 Å². The van der Waals surface area contributed by atoms with Crippen LogP contribution in [0.3, 0.4) is 0 Å². The molecule has 0 radical (unpaired) electrons. The number of carboxylic acid groups (broad SMARTS) is 1. The lowest BCUT2D eigenvalue weighted by molar-refractivity contribution is -0.136. The monoisotopic (exact) mass is 364 g/mol. The number of aliphatic carboxylic acids is 1. The number of carboxylic acids is 1. The number of aliphatic hydroxyl groups is 4. The van der Waals surface area contributed by atoms with Gasteiger partial charge in [0, 0.05) is 11.5 Å². The summed E-state index contributed by atoms with van der Waals surface area (Å²) < 4.78 is 0. The lowest BCUT2D eigenvalue weighted by Crippen LogP contribution is -2.37. The van der Waals surface area contributed by atoms with Crippen LogP contribution in [0.4, 0.5) is 0 Å². The Bertz CT molecular complexity index is 394. The van der Waals surface area contributed by atoms with E-state index in [9.17, 15) is 4.79 Å². The van der Waals surface area contributed by atoms with Gasteiger partial charge in [-0.1, -0.05) is 51.9 Å². The third-order valence-electron chi connectivity index (χ3n) is 2.89. The van der Waals surface area contributed by atoms with E-state index in [0.29, 0.717) is 5.75 Å². The van der Waals surface area contributed by atoms with Crippen LogP contribution in [0.15, 0.2) is 30.3 Å². The third kappa shape index (κ3) is 10.6. The molecule has 0 unspecified atom stereocenters. The molecule has 132 valence electrons. The summed E-state index contributed by atoms with van der Waals surface area (Å²) in [6.07, 6.45) is 0.243. The molecule has 0 saturated carbocycles. The molecule has 0 bridgehead atoms. The summed E-state index contributed by atoms with van der Waals surface area (Å²) in [7, 11) is 3.31. The number of benzene rings is 1. The molecule has 0 aromatic heterocycles. The highest BCUT2D eigenvalue weighted by Gasteiger charge is 2.26. The minimum absolute atomic E-state index is 0.243. The van der Waals surface area contributed by atoms with Crippen LogP contribution in [0.1, 0.15) is 12.0 Å². The number of aliphatic hydroxyl groups excluding tert-OH is 4. The average Bonchev–Trinajstić information content (AvgIpc) is 2.58. The van der Waals surface area contributed by atoms with Crippen molar-refractivity contribution in [1.82, 2.24) is 0 Å². The Morgan fingerprint density at radius 1 is 0.913 bits per heavy atom. The van der Waals surface area contributed by atoms with E-state index in [0.717, 1.165) is 5.75 Å². The molecular weight excluding hydrogens is 340 g/mol. The standard InChI is InChI=1S/C10H12O2S2.C5H12O4/c11-10(12)6-7-13-14-8-9-4-2-1-3-5-9;6-1-5(2-7,3-8)4-9/h1-5H,6-8H2,(H,11,12);6-9H,1-4H2. The molecule has 1 rings (SSSR count). The van der Waals surface area contributed by atoms with Crippen molar-refractivity contribution in [3.8, 4) is 0 Å². The van der Waals surface area contributed by atoms with E-state index in [1.54, 1.807) is 21.6 Å². The lowest BCUT2D eigenvalue weighted by atomic mass is 9.93. The number of rotatable bonds is 10. The highest BCUT2D eigenvalue weighted by atomic mass is 33.1. The fourth-order valence-corrected chi connectivity index (χ4v) is 3.22. The Morgan fingerprint density at radius 2 is 1.43 bits per heavy atom. The maximum Gasteiger partial charge on any atom is 0.304 e. The minimum atomic E-state index is -1.11. The SMILES string of the molecule is O=C(O)CCSSCc1ccccc1.OCC(CO)(CO)CO. The molecule has 8 heteroatoms. The second-order valence-electron chi connectivity index (χ2n) is 4.85. The van der Waals surface area contributed by atoms with Crippen molar-refractivity contribution in [2.75, 3.05) is 32.2 Å². The van der Waals surface area contributed by atoms with Crippen molar-refractivity contribution in [2.45, 2.75) is 12.2 Å². The van der Waals surface area contributed by atoms with Crippen LogP contribution in [0.2, 0.25) is 0 Å². The van der Waals surface area contributed by atoms with Gasteiger partial charge in [-0.2, -0.15) is 0 Å². The Labute approximate surface area is 144 Å². The predicted molar refractivity (Wildman–Crippen MR) is 93.2 cm³/mol. The molecule has 0 spiro atoms. The zero-order valence-electron chi connectivity index (χ0n) is 12.8. The molecule has 0 fully saturated rings. The summed E-state index contributed by atoms with van der Waals surface area (Å²) in [6.45, 7) is -1.62. The van der Waals surface area contributed by atoms with Crippen LogP contribution in [0.25, 0.3) is 0 Å². The molecule has 1 aromatic carbocycles. The summed E-state index contributed by atoms with van der Waals surface area (Å²) in [5.41, 5.74) is 0.167. The molecule has 5 N–H and O–H groups in total. The molecular formula is C15H24O6S2. The zero-order chi connectivity index (χ0) is 17.6. The van der Waals surface area contributed by atoms with Gasteiger partial charge >= 0.3 is 5.97 Å². The fraction of sp³-hybridized carbons (Fsp3) is 0.533. The van der Waals surface area contributed by atoms with Gasteiger partial charge in [-0.15, -0.1) is 0 Å². The van der Waals surface area contributed by atoms with Crippen LogP contribution in [-0.2, 0) is 10.5 Å². The molecule has 1 aromatic rings. The highest BCUT2D eigenvalue weighted by molar-refractivity contribution is 8.76. The molecule has 0 aliphatic rings. The lowest BCUT2D eigenvalue weighted by Gasteiger charge is -2.23. The minimum Gasteiger partial charge on any atom is -0.481 e. The van der Waals surface area contributed by atoms with Gasteiger partial charge in [0.05, 0.1) is 38.3 Å². The Balaban J connectivity index is 0.000000468. The second kappa shape index (κ2) is 13.6. The molecule has 0 amide bonds. The molecule has 0 saturated heterocycles. The van der Waals surface area contributed by atoms with Crippen molar-refractivity contribution in [2.24, 2.45) is 5.41 Å². The van der Waals surface area contributed by atoms with Crippen molar-refractivity contribution in [1.29, 1.82) is 0 Å². The Kier molecular flexibility index (Phi) is 13.2. The van der Waals surface area contributed by atoms with Gasteiger partial charge in [-0.25, -0.2) is 0 Å². The summed E-state index contributed by atoms with van der Waals surface area (Å²) in [5, 5.41) is 42.4. The summed E-state index contributed by atoms with van der Waals surface area (Å²) in [4.78, 5) is 10.2. The maximum absolute atomic E-state index is 10.2. The fourth-order valence-electron chi connectivity index (χ4n) is 1.17. The van der Waals surface area contributed by atoms with E-state index in [4.69, 9.17) is 25.5 Å².